The van der Waals surface area contributed by atoms with E-state index in [-0.39, 0.29) is 0 Å². The van der Waals surface area contributed by atoms with Crippen LogP contribution >= 0.6 is 0 Å². The molecule has 4 heteroatoms. The zero-order valence-corrected chi connectivity index (χ0v) is 14.5. The third-order valence-corrected chi connectivity index (χ3v) is 4.26. The van der Waals surface area contributed by atoms with Crippen molar-refractivity contribution in [3.63, 3.8) is 0 Å². The Hall–Kier alpha value is -3.14. The molecule has 25 heavy (non-hydrogen) atoms. The summed E-state index contributed by atoms with van der Waals surface area (Å²) in [5, 5.41) is 0. The summed E-state index contributed by atoms with van der Waals surface area (Å²) >= 11 is 0. The van der Waals surface area contributed by atoms with Crippen LogP contribution < -0.4 is 9.64 Å². The Morgan fingerprint density at radius 3 is 1.96 bits per heavy atom. The highest BCUT2D eigenvalue weighted by atomic mass is 16.5. The fraction of sp³-hybridized carbons (Fsp3) is 0.143. The van der Waals surface area contributed by atoms with E-state index in [4.69, 9.17) is 14.7 Å². The van der Waals surface area contributed by atoms with Crippen molar-refractivity contribution in [2.24, 2.45) is 0 Å². The molecule has 1 aliphatic rings. The minimum atomic E-state index is 0.783. The van der Waals surface area contributed by atoms with Crippen molar-refractivity contribution in [2.75, 3.05) is 12.0 Å². The predicted octanol–water partition coefficient (Wildman–Crippen LogP) is 5.06. The lowest BCUT2D eigenvalue weighted by Gasteiger charge is -2.26. The van der Waals surface area contributed by atoms with E-state index in [1.54, 1.807) is 7.11 Å². The van der Waals surface area contributed by atoms with Crippen molar-refractivity contribution in [3.8, 4) is 5.75 Å². The zero-order valence-electron chi connectivity index (χ0n) is 14.5. The Kier molecular flexibility index (Phi) is 3.73. The maximum absolute atomic E-state index is 5.60. The van der Waals surface area contributed by atoms with Crippen molar-refractivity contribution in [1.29, 1.82) is 0 Å². The van der Waals surface area contributed by atoms with Gasteiger partial charge < -0.3 is 4.74 Å². The number of para-hydroxylation sites is 2. The van der Waals surface area contributed by atoms with Crippen molar-refractivity contribution in [1.82, 2.24) is 9.97 Å². The van der Waals surface area contributed by atoms with Crippen LogP contribution in [0.15, 0.2) is 48.8 Å². The largest absolute Gasteiger partial charge is 0.495 e. The minimum absolute atomic E-state index is 0.783. The molecule has 3 heterocycles. The van der Waals surface area contributed by atoms with Crippen molar-refractivity contribution in [2.45, 2.75) is 13.8 Å². The summed E-state index contributed by atoms with van der Waals surface area (Å²) in [7, 11) is 1.68. The second-order valence-electron chi connectivity index (χ2n) is 6.19. The molecule has 4 rings (SSSR count). The molecule has 0 radical (unpaired) electrons. The van der Waals surface area contributed by atoms with E-state index in [0.717, 1.165) is 45.3 Å². The number of nitrogens with zero attached hydrogens (tertiary/aromatic N) is 3. The highest BCUT2D eigenvalue weighted by Gasteiger charge is 2.24. The number of benzene rings is 1. The summed E-state index contributed by atoms with van der Waals surface area (Å²) in [6.07, 6.45) is 7.97. The summed E-state index contributed by atoms with van der Waals surface area (Å²) in [6.45, 7) is 4.10. The zero-order chi connectivity index (χ0) is 17.4. The molecule has 0 aliphatic carbocycles. The number of ether oxygens (including phenoxy) is 1. The van der Waals surface area contributed by atoms with Crippen LogP contribution in [0.25, 0.3) is 12.2 Å². The van der Waals surface area contributed by atoms with Crippen LogP contribution in [0.4, 0.5) is 17.3 Å². The number of hydrogen-bond donors (Lipinski definition) is 0. The molecule has 3 aromatic rings. The number of hydrogen-bond acceptors (Lipinski definition) is 4. The van der Waals surface area contributed by atoms with Gasteiger partial charge in [-0.3, -0.25) is 4.90 Å². The first-order chi connectivity index (χ1) is 12.2. The van der Waals surface area contributed by atoms with E-state index in [0.29, 0.717) is 0 Å². The van der Waals surface area contributed by atoms with Crippen LogP contribution in [0.2, 0.25) is 0 Å². The van der Waals surface area contributed by atoms with E-state index in [2.05, 4.69) is 43.0 Å². The average Bonchev–Trinajstić information content (AvgIpc) is 2.78. The summed E-state index contributed by atoms with van der Waals surface area (Å²) in [5.41, 5.74) is 5.28. The molecule has 0 saturated heterocycles. The molecule has 0 N–H and O–H groups in total. The first-order valence-corrected chi connectivity index (χ1v) is 8.22. The molecule has 1 aliphatic heterocycles. The molecule has 0 unspecified atom stereocenters. The van der Waals surface area contributed by atoms with Crippen LogP contribution in [0.5, 0.6) is 5.75 Å². The Labute approximate surface area is 147 Å². The van der Waals surface area contributed by atoms with E-state index >= 15 is 0 Å². The number of rotatable bonds is 2. The number of anilines is 3. The van der Waals surface area contributed by atoms with Gasteiger partial charge in [0.2, 0.25) is 0 Å². The Balaban J connectivity index is 2.04. The molecule has 0 fully saturated rings. The highest BCUT2D eigenvalue weighted by Crippen LogP contribution is 2.43. The average molecular weight is 329 g/mol. The van der Waals surface area contributed by atoms with Gasteiger partial charge in [0, 0.05) is 23.5 Å². The van der Waals surface area contributed by atoms with Crippen LogP contribution in [0, 0.1) is 13.8 Å². The fourth-order valence-corrected chi connectivity index (χ4v) is 3.11. The van der Waals surface area contributed by atoms with Crippen LogP contribution in [-0.2, 0) is 0 Å². The molecule has 0 atom stereocenters. The molecule has 0 amide bonds. The molecule has 4 nitrogen and oxygen atoms in total. The number of fused-ring (bicyclic) bond motifs is 2. The van der Waals surface area contributed by atoms with Gasteiger partial charge in [0.25, 0.3) is 0 Å². The summed E-state index contributed by atoms with van der Waals surface area (Å²) < 4.78 is 5.60. The topological polar surface area (TPSA) is 38.2 Å². The number of methoxy groups -OCH3 is 1. The predicted molar refractivity (Wildman–Crippen MR) is 102 cm³/mol. The second kappa shape index (κ2) is 6.06. The molecule has 0 saturated carbocycles. The highest BCUT2D eigenvalue weighted by molar-refractivity contribution is 5.91. The van der Waals surface area contributed by atoms with Crippen molar-refractivity contribution < 1.29 is 4.74 Å². The Bertz CT molecular complexity index is 923. The van der Waals surface area contributed by atoms with Gasteiger partial charge in [-0.25, -0.2) is 9.97 Å². The van der Waals surface area contributed by atoms with Crippen LogP contribution in [0.1, 0.15) is 22.3 Å². The van der Waals surface area contributed by atoms with Gasteiger partial charge >= 0.3 is 0 Å². The summed E-state index contributed by atoms with van der Waals surface area (Å²) in [4.78, 5) is 11.5. The molecule has 124 valence electrons. The first-order valence-electron chi connectivity index (χ1n) is 8.22. The Morgan fingerprint density at radius 1 is 0.840 bits per heavy atom. The molecule has 2 aromatic heterocycles. The number of pyridine rings is 2. The SMILES string of the molecule is COc1ccccc1N1c2ncc(C)cc2C=Cc2cc(C)cnc21. The Morgan fingerprint density at radius 2 is 1.40 bits per heavy atom. The lowest BCUT2D eigenvalue weighted by molar-refractivity contribution is 0.416. The van der Waals surface area contributed by atoms with Gasteiger partial charge in [-0.2, -0.15) is 0 Å². The normalized spacial score (nSPS) is 12.4. The monoisotopic (exact) mass is 329 g/mol. The van der Waals surface area contributed by atoms with Gasteiger partial charge in [-0.1, -0.05) is 24.3 Å². The molecule has 0 bridgehead atoms. The third-order valence-electron chi connectivity index (χ3n) is 4.26. The first kappa shape index (κ1) is 15.4. The van der Waals surface area contributed by atoms with E-state index in [9.17, 15) is 0 Å². The van der Waals surface area contributed by atoms with E-state index in [1.165, 1.54) is 0 Å². The van der Waals surface area contributed by atoms with Gasteiger partial charge in [0.05, 0.1) is 12.8 Å². The van der Waals surface area contributed by atoms with Gasteiger partial charge in [0.15, 0.2) is 0 Å². The van der Waals surface area contributed by atoms with E-state index in [1.807, 2.05) is 36.7 Å². The second-order valence-corrected chi connectivity index (χ2v) is 6.19. The van der Waals surface area contributed by atoms with E-state index < -0.39 is 0 Å². The van der Waals surface area contributed by atoms with Crippen molar-refractivity contribution >= 4 is 29.5 Å². The number of aromatic nitrogens is 2. The van der Waals surface area contributed by atoms with Gasteiger partial charge in [0.1, 0.15) is 17.4 Å². The molecule has 1 aromatic carbocycles. The summed E-state index contributed by atoms with van der Waals surface area (Å²) in [6, 6.07) is 12.2. The molecule has 0 spiro atoms. The van der Waals surface area contributed by atoms with Crippen LogP contribution in [-0.4, -0.2) is 17.1 Å². The maximum Gasteiger partial charge on any atom is 0.146 e. The van der Waals surface area contributed by atoms with Gasteiger partial charge in [-0.15, -0.1) is 0 Å². The lowest BCUT2D eigenvalue weighted by Crippen LogP contribution is -2.16. The molecular formula is C21H19N3O. The van der Waals surface area contributed by atoms with Crippen molar-refractivity contribution in [3.05, 3.63) is 71.0 Å². The quantitative estimate of drug-likeness (QED) is 0.515. The standard InChI is InChI=1S/C21H19N3O/c1-14-10-16-8-9-17-11-15(2)13-23-21(17)24(20(16)22-12-14)18-6-4-5-7-19(18)25-3/h4-13H,1-3H3. The molecular weight excluding hydrogens is 310 g/mol. The smallest absolute Gasteiger partial charge is 0.146 e. The summed E-state index contributed by atoms with van der Waals surface area (Å²) in [5.74, 6) is 2.48. The van der Waals surface area contributed by atoms with Gasteiger partial charge in [-0.05, 0) is 49.2 Å². The lowest BCUT2D eigenvalue weighted by atomic mass is 10.1. The van der Waals surface area contributed by atoms with Crippen LogP contribution in [0.3, 0.4) is 0 Å². The third kappa shape index (κ3) is 2.66. The fourth-order valence-electron chi connectivity index (χ4n) is 3.11. The number of aryl methyl sites for hydroxylation is 2. The minimum Gasteiger partial charge on any atom is -0.495 e. The maximum atomic E-state index is 5.60.